The van der Waals surface area contributed by atoms with Gasteiger partial charge in [-0.15, -0.1) is 10.2 Å². The summed E-state index contributed by atoms with van der Waals surface area (Å²) in [5.41, 5.74) is 1.87. The van der Waals surface area contributed by atoms with Crippen molar-refractivity contribution in [2.75, 3.05) is 31.5 Å². The smallest absolute Gasteiger partial charge is 0.148 e. The number of benzene rings is 1. The van der Waals surface area contributed by atoms with Crippen molar-refractivity contribution in [1.82, 2.24) is 15.1 Å². The van der Waals surface area contributed by atoms with Crippen LogP contribution in [0.25, 0.3) is 11.3 Å². The molecule has 0 aliphatic rings. The number of rotatable bonds is 8. The lowest BCUT2D eigenvalue weighted by Gasteiger charge is -2.17. The highest BCUT2D eigenvalue weighted by atomic mass is 35.5. The molecule has 2 aromatic rings. The van der Waals surface area contributed by atoms with E-state index in [2.05, 4.69) is 34.3 Å². The van der Waals surface area contributed by atoms with Crippen LogP contribution in [0.15, 0.2) is 36.4 Å². The van der Waals surface area contributed by atoms with Gasteiger partial charge in [0.1, 0.15) is 5.82 Å². The first-order chi connectivity index (χ1) is 10.7. The van der Waals surface area contributed by atoms with E-state index in [9.17, 15) is 0 Å². The number of hydrogen-bond acceptors (Lipinski definition) is 4. The van der Waals surface area contributed by atoms with Crippen LogP contribution in [-0.4, -0.2) is 41.3 Å². The van der Waals surface area contributed by atoms with Gasteiger partial charge in [0.15, 0.2) is 0 Å². The Balaban J connectivity index is 1.83. The maximum Gasteiger partial charge on any atom is 0.148 e. The van der Waals surface area contributed by atoms with E-state index in [0.717, 1.165) is 54.7 Å². The molecular weight excluding hydrogens is 296 g/mol. The molecule has 0 atom stereocenters. The maximum absolute atomic E-state index is 5.89. The molecular formula is C17H23ClN4. The van der Waals surface area contributed by atoms with Gasteiger partial charge in [-0.2, -0.15) is 0 Å². The van der Waals surface area contributed by atoms with E-state index in [1.165, 1.54) is 0 Å². The van der Waals surface area contributed by atoms with Gasteiger partial charge in [-0.05, 0) is 50.3 Å². The Morgan fingerprint density at radius 2 is 1.73 bits per heavy atom. The maximum atomic E-state index is 5.89. The molecule has 0 unspecified atom stereocenters. The van der Waals surface area contributed by atoms with E-state index in [1.807, 2.05) is 36.4 Å². The third-order valence-corrected chi connectivity index (χ3v) is 3.91. The van der Waals surface area contributed by atoms with Crippen LogP contribution in [0.1, 0.15) is 20.3 Å². The summed E-state index contributed by atoms with van der Waals surface area (Å²) in [6.45, 7) is 8.61. The van der Waals surface area contributed by atoms with Gasteiger partial charge in [-0.25, -0.2) is 0 Å². The van der Waals surface area contributed by atoms with Gasteiger partial charge in [-0.3, -0.25) is 0 Å². The van der Waals surface area contributed by atoms with Crippen molar-refractivity contribution in [3.8, 4) is 11.3 Å². The van der Waals surface area contributed by atoms with Gasteiger partial charge < -0.3 is 10.2 Å². The summed E-state index contributed by atoms with van der Waals surface area (Å²) >= 11 is 5.89. The second-order valence-corrected chi connectivity index (χ2v) is 5.55. The molecule has 0 saturated carbocycles. The fraction of sp³-hybridized carbons (Fsp3) is 0.412. The van der Waals surface area contributed by atoms with Gasteiger partial charge in [0.25, 0.3) is 0 Å². The number of anilines is 1. The van der Waals surface area contributed by atoms with Crippen molar-refractivity contribution in [1.29, 1.82) is 0 Å². The molecule has 5 heteroatoms. The molecule has 0 aliphatic heterocycles. The van der Waals surface area contributed by atoms with E-state index < -0.39 is 0 Å². The van der Waals surface area contributed by atoms with E-state index in [1.54, 1.807) is 0 Å². The Kier molecular flexibility index (Phi) is 6.62. The van der Waals surface area contributed by atoms with E-state index in [0.29, 0.717) is 0 Å². The second kappa shape index (κ2) is 8.71. The molecule has 1 heterocycles. The molecule has 1 aromatic heterocycles. The van der Waals surface area contributed by atoms with Crippen molar-refractivity contribution in [2.45, 2.75) is 20.3 Å². The molecule has 0 bridgehead atoms. The topological polar surface area (TPSA) is 41.0 Å². The monoisotopic (exact) mass is 318 g/mol. The Morgan fingerprint density at radius 1 is 1.00 bits per heavy atom. The molecule has 1 aromatic carbocycles. The van der Waals surface area contributed by atoms with Gasteiger partial charge in [0.05, 0.1) is 5.69 Å². The zero-order valence-electron chi connectivity index (χ0n) is 13.2. The Bertz CT molecular complexity index is 550. The minimum absolute atomic E-state index is 0.725. The summed E-state index contributed by atoms with van der Waals surface area (Å²) in [6.07, 6.45) is 1.10. The highest BCUT2D eigenvalue weighted by molar-refractivity contribution is 6.30. The van der Waals surface area contributed by atoms with Crippen LogP contribution in [0.4, 0.5) is 5.82 Å². The zero-order chi connectivity index (χ0) is 15.8. The molecule has 118 valence electrons. The minimum Gasteiger partial charge on any atom is -0.369 e. The van der Waals surface area contributed by atoms with Gasteiger partial charge in [0.2, 0.25) is 0 Å². The van der Waals surface area contributed by atoms with Gasteiger partial charge in [0, 0.05) is 17.1 Å². The van der Waals surface area contributed by atoms with E-state index in [-0.39, 0.29) is 0 Å². The number of aromatic nitrogens is 2. The number of hydrogen-bond donors (Lipinski definition) is 1. The SMILES string of the molecule is CCN(CC)CCCNc1ccc(-c2ccc(Cl)cc2)nn1. The van der Waals surface area contributed by atoms with Gasteiger partial charge in [-0.1, -0.05) is 37.6 Å². The number of nitrogens with zero attached hydrogens (tertiary/aromatic N) is 3. The standard InChI is InChI=1S/C17H23ClN4/c1-3-22(4-2)13-5-12-19-17-11-10-16(20-21-17)14-6-8-15(18)9-7-14/h6-11H,3-5,12-13H2,1-2H3,(H,19,21). The first-order valence-electron chi connectivity index (χ1n) is 7.78. The molecule has 4 nitrogen and oxygen atoms in total. The fourth-order valence-corrected chi connectivity index (χ4v) is 2.39. The van der Waals surface area contributed by atoms with Crippen LogP contribution in [0.5, 0.6) is 0 Å². The summed E-state index contributed by atoms with van der Waals surface area (Å²) < 4.78 is 0. The van der Waals surface area contributed by atoms with Crippen LogP contribution < -0.4 is 5.32 Å². The highest BCUT2D eigenvalue weighted by Gasteiger charge is 2.02. The summed E-state index contributed by atoms with van der Waals surface area (Å²) in [5, 5.41) is 12.5. The number of halogens is 1. The first kappa shape index (κ1) is 16.7. The normalized spacial score (nSPS) is 10.9. The lowest BCUT2D eigenvalue weighted by molar-refractivity contribution is 0.303. The lowest BCUT2D eigenvalue weighted by Crippen LogP contribution is -2.25. The van der Waals surface area contributed by atoms with E-state index in [4.69, 9.17) is 11.6 Å². The highest BCUT2D eigenvalue weighted by Crippen LogP contribution is 2.19. The summed E-state index contributed by atoms with van der Waals surface area (Å²) in [7, 11) is 0. The predicted molar refractivity (Wildman–Crippen MR) is 93.4 cm³/mol. The molecule has 1 N–H and O–H groups in total. The molecule has 0 aliphatic carbocycles. The number of nitrogens with one attached hydrogen (secondary N) is 1. The summed E-state index contributed by atoms with van der Waals surface area (Å²) in [4.78, 5) is 2.41. The molecule has 22 heavy (non-hydrogen) atoms. The van der Waals surface area contributed by atoms with Crippen molar-refractivity contribution in [3.05, 3.63) is 41.4 Å². The largest absolute Gasteiger partial charge is 0.369 e. The summed E-state index contributed by atoms with van der Waals surface area (Å²) in [6, 6.07) is 11.6. The van der Waals surface area contributed by atoms with Crippen molar-refractivity contribution >= 4 is 17.4 Å². The quantitative estimate of drug-likeness (QED) is 0.748. The van der Waals surface area contributed by atoms with E-state index >= 15 is 0 Å². The Morgan fingerprint density at radius 3 is 2.32 bits per heavy atom. The third-order valence-electron chi connectivity index (χ3n) is 3.66. The average Bonchev–Trinajstić information content (AvgIpc) is 2.56. The molecule has 0 spiro atoms. The fourth-order valence-electron chi connectivity index (χ4n) is 2.26. The second-order valence-electron chi connectivity index (χ2n) is 5.12. The molecule has 0 fully saturated rings. The average molecular weight is 319 g/mol. The van der Waals surface area contributed by atoms with Crippen LogP contribution in [0.2, 0.25) is 5.02 Å². The molecule has 0 saturated heterocycles. The van der Waals surface area contributed by atoms with Gasteiger partial charge >= 0.3 is 0 Å². The Labute approximate surface area is 137 Å². The summed E-state index contributed by atoms with van der Waals surface area (Å²) in [5.74, 6) is 0.817. The first-order valence-corrected chi connectivity index (χ1v) is 8.16. The van der Waals surface area contributed by atoms with Crippen LogP contribution in [-0.2, 0) is 0 Å². The zero-order valence-corrected chi connectivity index (χ0v) is 14.0. The van der Waals surface area contributed by atoms with Crippen molar-refractivity contribution in [3.63, 3.8) is 0 Å². The van der Waals surface area contributed by atoms with Crippen molar-refractivity contribution < 1.29 is 0 Å². The molecule has 0 radical (unpaired) electrons. The Hall–Kier alpha value is -1.65. The van der Waals surface area contributed by atoms with Crippen LogP contribution in [0.3, 0.4) is 0 Å². The third kappa shape index (κ3) is 4.97. The van der Waals surface area contributed by atoms with Crippen molar-refractivity contribution in [2.24, 2.45) is 0 Å². The molecule has 0 amide bonds. The predicted octanol–water partition coefficient (Wildman–Crippen LogP) is 3.94. The van der Waals surface area contributed by atoms with Crippen LogP contribution in [0, 0.1) is 0 Å². The van der Waals surface area contributed by atoms with Crippen LogP contribution >= 0.6 is 11.6 Å². The molecule has 2 rings (SSSR count). The lowest BCUT2D eigenvalue weighted by atomic mass is 10.1. The minimum atomic E-state index is 0.725.